The number of fused-ring (bicyclic) bond motifs is 6. The van der Waals surface area contributed by atoms with Crippen LogP contribution in [0.2, 0.25) is 0 Å². The molecule has 1 nitrogen and oxygen atoms in total. The maximum atomic E-state index is 4.97. The Hall–Kier alpha value is -4.49. The summed E-state index contributed by atoms with van der Waals surface area (Å²) in [4.78, 5) is 4.97. The highest BCUT2D eigenvalue weighted by atomic mass is 14.7. The molecule has 0 spiro atoms. The molecule has 158 valence electrons. The monoisotopic (exact) mass is 431 g/mol. The van der Waals surface area contributed by atoms with E-state index in [1.54, 1.807) is 0 Å². The first-order valence-corrected chi connectivity index (χ1v) is 11.6. The Morgan fingerprint density at radius 2 is 0.853 bits per heavy atom. The normalized spacial score (nSPS) is 11.5. The average Bonchev–Trinajstić information content (AvgIpc) is 2.92. The summed E-state index contributed by atoms with van der Waals surface area (Å²) in [6, 6.07) is 43.4. The summed E-state index contributed by atoms with van der Waals surface area (Å²) >= 11 is 0. The standard InChI is InChI=1S/C33H21N/c1-3-11-25-22(9-1)19-31(29-15-7-5-13-27(25)29)24-17-18-33(34-21-24)32-20-23-10-2-4-12-26(23)28-14-6-8-16-30(28)32/h1-21H. The molecular formula is C33H21N. The van der Waals surface area contributed by atoms with Gasteiger partial charge in [-0.15, -0.1) is 0 Å². The number of hydrogen-bond donors (Lipinski definition) is 0. The van der Waals surface area contributed by atoms with Gasteiger partial charge in [-0.05, 0) is 66.9 Å². The van der Waals surface area contributed by atoms with Gasteiger partial charge in [0.15, 0.2) is 0 Å². The van der Waals surface area contributed by atoms with E-state index in [1.807, 2.05) is 6.20 Å². The Morgan fingerprint density at radius 1 is 0.382 bits per heavy atom. The molecule has 0 aliphatic carbocycles. The van der Waals surface area contributed by atoms with Crippen LogP contribution in [-0.2, 0) is 0 Å². The van der Waals surface area contributed by atoms with E-state index in [2.05, 4.69) is 121 Å². The molecule has 0 aliphatic heterocycles. The van der Waals surface area contributed by atoms with Crippen LogP contribution >= 0.6 is 0 Å². The molecule has 0 saturated carbocycles. The quantitative estimate of drug-likeness (QED) is 0.249. The van der Waals surface area contributed by atoms with Gasteiger partial charge < -0.3 is 0 Å². The summed E-state index contributed by atoms with van der Waals surface area (Å²) in [5, 5.41) is 10.1. The van der Waals surface area contributed by atoms with Crippen molar-refractivity contribution in [3.05, 3.63) is 128 Å². The van der Waals surface area contributed by atoms with Crippen molar-refractivity contribution in [1.82, 2.24) is 4.98 Å². The molecule has 0 atom stereocenters. The van der Waals surface area contributed by atoms with Crippen LogP contribution in [-0.4, -0.2) is 4.98 Å². The van der Waals surface area contributed by atoms with Crippen molar-refractivity contribution in [3.8, 4) is 22.4 Å². The van der Waals surface area contributed by atoms with Gasteiger partial charge >= 0.3 is 0 Å². The van der Waals surface area contributed by atoms with E-state index in [1.165, 1.54) is 54.2 Å². The summed E-state index contributed by atoms with van der Waals surface area (Å²) in [5.41, 5.74) is 4.52. The lowest BCUT2D eigenvalue weighted by Crippen LogP contribution is -1.89. The maximum absolute atomic E-state index is 4.97. The van der Waals surface area contributed by atoms with Gasteiger partial charge in [-0.25, -0.2) is 0 Å². The van der Waals surface area contributed by atoms with Crippen molar-refractivity contribution in [2.24, 2.45) is 0 Å². The van der Waals surface area contributed by atoms with E-state index in [9.17, 15) is 0 Å². The highest BCUT2D eigenvalue weighted by molar-refractivity contribution is 6.15. The van der Waals surface area contributed by atoms with Crippen molar-refractivity contribution in [2.45, 2.75) is 0 Å². The van der Waals surface area contributed by atoms with Crippen LogP contribution < -0.4 is 0 Å². The molecule has 0 amide bonds. The van der Waals surface area contributed by atoms with Gasteiger partial charge in [0.1, 0.15) is 0 Å². The second-order valence-electron chi connectivity index (χ2n) is 8.81. The molecule has 0 aliphatic rings. The first-order valence-electron chi connectivity index (χ1n) is 11.6. The van der Waals surface area contributed by atoms with Crippen LogP contribution in [0.3, 0.4) is 0 Å². The molecule has 0 bridgehead atoms. The number of hydrogen-bond acceptors (Lipinski definition) is 1. The van der Waals surface area contributed by atoms with Gasteiger partial charge in [0.05, 0.1) is 5.69 Å². The van der Waals surface area contributed by atoms with Gasteiger partial charge in [-0.2, -0.15) is 0 Å². The van der Waals surface area contributed by atoms with E-state index in [0.29, 0.717) is 0 Å². The number of aromatic nitrogens is 1. The lowest BCUT2D eigenvalue weighted by atomic mass is 9.93. The zero-order valence-corrected chi connectivity index (χ0v) is 18.6. The topological polar surface area (TPSA) is 12.9 Å². The van der Waals surface area contributed by atoms with Crippen LogP contribution in [0.4, 0.5) is 0 Å². The zero-order valence-electron chi connectivity index (χ0n) is 18.6. The van der Waals surface area contributed by atoms with Gasteiger partial charge in [-0.3, -0.25) is 4.98 Å². The predicted molar refractivity (Wildman–Crippen MR) is 145 cm³/mol. The summed E-state index contributed by atoms with van der Waals surface area (Å²) in [6.07, 6.45) is 2.02. The molecule has 0 N–H and O–H groups in total. The Bertz CT molecular complexity index is 1710. The molecule has 0 unspecified atom stereocenters. The molecule has 0 fully saturated rings. The third kappa shape index (κ3) is 2.91. The minimum absolute atomic E-state index is 0.996. The summed E-state index contributed by atoms with van der Waals surface area (Å²) in [6.45, 7) is 0. The maximum Gasteiger partial charge on any atom is 0.0708 e. The van der Waals surface area contributed by atoms with Crippen LogP contribution in [0.5, 0.6) is 0 Å². The van der Waals surface area contributed by atoms with Crippen molar-refractivity contribution in [1.29, 1.82) is 0 Å². The Balaban J connectivity index is 1.43. The fourth-order valence-electron chi connectivity index (χ4n) is 5.27. The van der Waals surface area contributed by atoms with Gasteiger partial charge in [-0.1, -0.05) is 103 Å². The molecule has 1 heteroatoms. The van der Waals surface area contributed by atoms with Gasteiger partial charge in [0, 0.05) is 17.3 Å². The molecule has 1 heterocycles. The number of benzene rings is 6. The van der Waals surface area contributed by atoms with Crippen LogP contribution in [0.15, 0.2) is 128 Å². The van der Waals surface area contributed by atoms with Crippen LogP contribution in [0.1, 0.15) is 0 Å². The summed E-state index contributed by atoms with van der Waals surface area (Å²) in [7, 11) is 0. The molecule has 7 rings (SSSR count). The predicted octanol–water partition coefficient (Wildman–Crippen LogP) is 9.03. The first-order chi connectivity index (χ1) is 16.9. The minimum atomic E-state index is 0.996. The number of rotatable bonds is 2. The molecule has 0 saturated heterocycles. The molecule has 7 aromatic rings. The fraction of sp³-hybridized carbons (Fsp3) is 0. The number of pyridine rings is 1. The van der Waals surface area contributed by atoms with Crippen LogP contribution in [0.25, 0.3) is 65.5 Å². The zero-order chi connectivity index (χ0) is 22.5. The van der Waals surface area contributed by atoms with Crippen molar-refractivity contribution in [3.63, 3.8) is 0 Å². The van der Waals surface area contributed by atoms with Gasteiger partial charge in [0.2, 0.25) is 0 Å². The van der Waals surface area contributed by atoms with E-state index >= 15 is 0 Å². The lowest BCUT2D eigenvalue weighted by Gasteiger charge is -2.13. The minimum Gasteiger partial charge on any atom is -0.256 e. The number of nitrogens with zero attached hydrogens (tertiary/aromatic N) is 1. The van der Waals surface area contributed by atoms with Crippen LogP contribution in [0, 0.1) is 0 Å². The third-order valence-electron chi connectivity index (χ3n) is 6.89. The van der Waals surface area contributed by atoms with Crippen molar-refractivity contribution >= 4 is 43.1 Å². The highest BCUT2D eigenvalue weighted by Crippen LogP contribution is 2.37. The van der Waals surface area contributed by atoms with E-state index in [-0.39, 0.29) is 0 Å². The molecule has 0 radical (unpaired) electrons. The Morgan fingerprint density at radius 3 is 1.41 bits per heavy atom. The molecular weight excluding hydrogens is 410 g/mol. The second-order valence-corrected chi connectivity index (χ2v) is 8.81. The Kier molecular flexibility index (Phi) is 4.22. The summed E-state index contributed by atoms with van der Waals surface area (Å²) in [5.74, 6) is 0. The highest BCUT2D eigenvalue weighted by Gasteiger charge is 2.12. The van der Waals surface area contributed by atoms with Crippen molar-refractivity contribution in [2.75, 3.05) is 0 Å². The largest absolute Gasteiger partial charge is 0.256 e. The lowest BCUT2D eigenvalue weighted by molar-refractivity contribution is 1.34. The van der Waals surface area contributed by atoms with E-state index in [0.717, 1.165) is 11.3 Å². The summed E-state index contributed by atoms with van der Waals surface area (Å²) < 4.78 is 0. The smallest absolute Gasteiger partial charge is 0.0708 e. The molecule has 6 aromatic carbocycles. The van der Waals surface area contributed by atoms with Crippen molar-refractivity contribution < 1.29 is 0 Å². The van der Waals surface area contributed by atoms with E-state index in [4.69, 9.17) is 4.98 Å². The SMILES string of the molecule is c1ccc2c(c1)cc(-c1ccc(-c3cc4ccccc4c4ccccc34)nc1)c1ccccc12. The molecule has 34 heavy (non-hydrogen) atoms. The first kappa shape index (κ1) is 19.0. The van der Waals surface area contributed by atoms with Gasteiger partial charge in [0.25, 0.3) is 0 Å². The average molecular weight is 432 g/mol. The fourth-order valence-corrected chi connectivity index (χ4v) is 5.27. The third-order valence-corrected chi connectivity index (χ3v) is 6.89. The molecule has 1 aromatic heterocycles. The second kappa shape index (κ2) is 7.54. The van der Waals surface area contributed by atoms with E-state index < -0.39 is 0 Å². The Labute approximate surface area is 197 Å².